The van der Waals surface area contributed by atoms with Gasteiger partial charge in [0.25, 0.3) is 5.91 Å². The van der Waals surface area contributed by atoms with E-state index in [9.17, 15) is 4.79 Å². The van der Waals surface area contributed by atoms with Gasteiger partial charge in [-0.25, -0.2) is 5.43 Å². The second-order valence-corrected chi connectivity index (χ2v) is 6.69. The van der Waals surface area contributed by atoms with Crippen LogP contribution in [0.2, 0.25) is 0 Å². The number of hydrogen-bond acceptors (Lipinski definition) is 4. The number of halogens is 1. The lowest BCUT2D eigenvalue weighted by Crippen LogP contribution is -2.25. The Bertz CT molecular complexity index is 631. The lowest BCUT2D eigenvalue weighted by molar-refractivity contribution is -0.123. The quantitative estimate of drug-likeness (QED) is 0.463. The topological polar surface area (TPSA) is 50.7 Å². The van der Waals surface area contributed by atoms with E-state index in [1.807, 2.05) is 43.5 Å². The molecule has 0 unspecified atom stereocenters. The highest BCUT2D eigenvalue weighted by molar-refractivity contribution is 14.1. The highest BCUT2D eigenvalue weighted by Gasteiger charge is 2.08. The summed E-state index contributed by atoms with van der Waals surface area (Å²) in [7, 11) is 0. The van der Waals surface area contributed by atoms with E-state index < -0.39 is 0 Å². The summed E-state index contributed by atoms with van der Waals surface area (Å²) in [5.41, 5.74) is 4.50. The molecule has 1 aromatic heterocycles. The van der Waals surface area contributed by atoms with E-state index >= 15 is 0 Å². The molecule has 0 spiro atoms. The van der Waals surface area contributed by atoms with Gasteiger partial charge in [0.2, 0.25) is 0 Å². The van der Waals surface area contributed by atoms with Crippen molar-refractivity contribution in [1.29, 1.82) is 0 Å². The van der Waals surface area contributed by atoms with E-state index in [1.165, 1.54) is 0 Å². The maximum Gasteiger partial charge on any atom is 0.277 e. The van der Waals surface area contributed by atoms with Crippen LogP contribution in [0, 0.1) is 17.4 Å². The lowest BCUT2D eigenvalue weighted by atomic mass is 10.1. The Morgan fingerprint density at radius 2 is 2.14 bits per heavy atom. The molecule has 0 saturated heterocycles. The summed E-state index contributed by atoms with van der Waals surface area (Å²) >= 11 is 3.82. The van der Waals surface area contributed by atoms with E-state index in [4.69, 9.17) is 4.74 Å². The molecule has 0 radical (unpaired) electrons. The Balaban J connectivity index is 1.87. The number of hydrazone groups is 1. The van der Waals surface area contributed by atoms with Crippen molar-refractivity contribution >= 4 is 46.0 Å². The van der Waals surface area contributed by atoms with Crippen LogP contribution in [0.4, 0.5) is 0 Å². The Hall–Kier alpha value is -1.41. The monoisotopic (exact) mass is 414 g/mol. The van der Waals surface area contributed by atoms with Crippen LogP contribution in [0.5, 0.6) is 5.75 Å². The van der Waals surface area contributed by atoms with Crippen molar-refractivity contribution in [2.24, 2.45) is 5.10 Å². The Labute approximate surface area is 141 Å². The standard InChI is InChI=1S/C15H15IN2O2S/c1-10-6-12(16)7-11(2)15(10)20-9-14(19)18-17-8-13-4-3-5-21-13/h3-8H,9H2,1-2H3,(H,18,19). The smallest absolute Gasteiger partial charge is 0.277 e. The third kappa shape index (κ3) is 4.82. The van der Waals surface area contributed by atoms with Crippen LogP contribution in [-0.4, -0.2) is 18.7 Å². The first-order chi connectivity index (χ1) is 10.1. The number of aryl methyl sites for hydroxylation is 2. The molecule has 0 fully saturated rings. The fraction of sp³-hybridized carbons (Fsp3) is 0.200. The van der Waals surface area contributed by atoms with Crippen molar-refractivity contribution < 1.29 is 9.53 Å². The number of amides is 1. The third-order valence-electron chi connectivity index (χ3n) is 2.70. The zero-order valence-electron chi connectivity index (χ0n) is 11.7. The number of carbonyl (C=O) groups is 1. The molecule has 1 heterocycles. The summed E-state index contributed by atoms with van der Waals surface area (Å²) in [5.74, 6) is 0.480. The van der Waals surface area contributed by atoms with Gasteiger partial charge in [-0.15, -0.1) is 11.3 Å². The van der Waals surface area contributed by atoms with E-state index in [0.717, 1.165) is 25.3 Å². The molecule has 1 N–H and O–H groups in total. The second-order valence-electron chi connectivity index (χ2n) is 4.47. The molecule has 0 aliphatic carbocycles. The Kier molecular flexibility index (Phi) is 5.75. The molecule has 2 rings (SSSR count). The molecule has 0 saturated carbocycles. The van der Waals surface area contributed by atoms with Crippen LogP contribution < -0.4 is 10.2 Å². The van der Waals surface area contributed by atoms with Crippen LogP contribution in [0.3, 0.4) is 0 Å². The predicted molar refractivity (Wildman–Crippen MR) is 94.2 cm³/mol. The minimum atomic E-state index is -0.278. The van der Waals surface area contributed by atoms with Gasteiger partial charge in [0.15, 0.2) is 6.61 Å². The van der Waals surface area contributed by atoms with E-state index in [0.29, 0.717) is 0 Å². The maximum atomic E-state index is 11.7. The van der Waals surface area contributed by atoms with Gasteiger partial charge < -0.3 is 4.74 Å². The molecule has 0 bridgehead atoms. The van der Waals surface area contributed by atoms with Gasteiger partial charge in [0.05, 0.1) is 6.21 Å². The number of rotatable bonds is 5. The zero-order valence-corrected chi connectivity index (χ0v) is 14.7. The summed E-state index contributed by atoms with van der Waals surface area (Å²) in [6, 6.07) is 7.90. The number of nitrogens with zero attached hydrogens (tertiary/aromatic N) is 1. The third-order valence-corrected chi connectivity index (χ3v) is 4.13. The van der Waals surface area contributed by atoms with E-state index in [-0.39, 0.29) is 12.5 Å². The van der Waals surface area contributed by atoms with Gasteiger partial charge in [-0.3, -0.25) is 4.79 Å². The SMILES string of the molecule is Cc1cc(I)cc(C)c1OCC(=O)NN=Cc1cccs1. The highest BCUT2D eigenvalue weighted by Crippen LogP contribution is 2.25. The molecule has 1 aromatic carbocycles. The van der Waals surface area contributed by atoms with Crippen molar-refractivity contribution in [3.8, 4) is 5.75 Å². The molecular weight excluding hydrogens is 399 g/mol. The normalized spacial score (nSPS) is 10.8. The van der Waals surface area contributed by atoms with E-state index in [1.54, 1.807) is 17.6 Å². The van der Waals surface area contributed by atoms with Gasteiger partial charge in [0.1, 0.15) is 5.75 Å². The average Bonchev–Trinajstić information content (AvgIpc) is 2.90. The maximum absolute atomic E-state index is 11.7. The molecule has 6 heteroatoms. The zero-order chi connectivity index (χ0) is 15.2. The van der Waals surface area contributed by atoms with Crippen molar-refractivity contribution in [3.63, 3.8) is 0 Å². The highest BCUT2D eigenvalue weighted by atomic mass is 127. The first kappa shape index (κ1) is 16.0. The van der Waals surface area contributed by atoms with E-state index in [2.05, 4.69) is 33.1 Å². The van der Waals surface area contributed by atoms with Gasteiger partial charge in [-0.2, -0.15) is 5.10 Å². The molecule has 1 amide bonds. The number of benzene rings is 1. The van der Waals surface area contributed by atoms with Crippen molar-refractivity contribution in [1.82, 2.24) is 5.43 Å². The van der Waals surface area contributed by atoms with Crippen molar-refractivity contribution in [3.05, 3.63) is 49.2 Å². The molecule has 0 aliphatic rings. The summed E-state index contributed by atoms with van der Waals surface area (Å²) < 4.78 is 6.74. The number of thiophene rings is 1. The number of ether oxygens (including phenoxy) is 1. The summed E-state index contributed by atoms with van der Waals surface area (Å²) in [6.07, 6.45) is 1.62. The van der Waals surface area contributed by atoms with Crippen LogP contribution in [0.15, 0.2) is 34.7 Å². The molecule has 21 heavy (non-hydrogen) atoms. The lowest BCUT2D eigenvalue weighted by Gasteiger charge is -2.11. The van der Waals surface area contributed by atoms with Gasteiger partial charge in [-0.1, -0.05) is 6.07 Å². The van der Waals surface area contributed by atoms with Crippen LogP contribution in [0.1, 0.15) is 16.0 Å². The van der Waals surface area contributed by atoms with Crippen LogP contribution in [0.25, 0.3) is 0 Å². The van der Waals surface area contributed by atoms with Gasteiger partial charge >= 0.3 is 0 Å². The minimum Gasteiger partial charge on any atom is -0.483 e. The summed E-state index contributed by atoms with van der Waals surface area (Å²) in [5, 5.41) is 5.84. The second kappa shape index (κ2) is 7.56. The van der Waals surface area contributed by atoms with Gasteiger partial charge in [-0.05, 0) is 71.1 Å². The Morgan fingerprint density at radius 3 is 2.76 bits per heavy atom. The average molecular weight is 414 g/mol. The molecule has 2 aromatic rings. The molecular formula is C15H15IN2O2S. The minimum absolute atomic E-state index is 0.0515. The van der Waals surface area contributed by atoms with Crippen LogP contribution in [-0.2, 0) is 4.79 Å². The van der Waals surface area contributed by atoms with Crippen molar-refractivity contribution in [2.45, 2.75) is 13.8 Å². The summed E-state index contributed by atoms with van der Waals surface area (Å²) in [4.78, 5) is 12.7. The fourth-order valence-electron chi connectivity index (χ4n) is 1.83. The molecule has 4 nitrogen and oxygen atoms in total. The van der Waals surface area contributed by atoms with Gasteiger partial charge in [0, 0.05) is 8.45 Å². The Morgan fingerprint density at radius 1 is 1.43 bits per heavy atom. The first-order valence-electron chi connectivity index (χ1n) is 6.31. The summed E-state index contributed by atoms with van der Waals surface area (Å²) in [6.45, 7) is 3.89. The largest absolute Gasteiger partial charge is 0.483 e. The fourth-order valence-corrected chi connectivity index (χ4v) is 3.35. The molecule has 0 atom stereocenters. The number of hydrogen-bond donors (Lipinski definition) is 1. The van der Waals surface area contributed by atoms with Crippen molar-refractivity contribution in [2.75, 3.05) is 6.61 Å². The van der Waals surface area contributed by atoms with Crippen LogP contribution >= 0.6 is 33.9 Å². The molecule has 0 aliphatic heterocycles. The predicted octanol–water partition coefficient (Wildman–Crippen LogP) is 3.50. The number of nitrogens with one attached hydrogen (secondary N) is 1. The number of carbonyl (C=O) groups excluding carboxylic acids is 1. The first-order valence-corrected chi connectivity index (χ1v) is 8.27. The molecule has 110 valence electrons.